The van der Waals surface area contributed by atoms with Gasteiger partial charge in [0.05, 0.1) is 5.09 Å². The van der Waals surface area contributed by atoms with Crippen LogP contribution in [-0.2, 0) is 0 Å². The minimum Gasteiger partial charge on any atom is -1.00 e. The van der Waals surface area contributed by atoms with Gasteiger partial charge in [-0.3, -0.25) is 0 Å². The van der Waals surface area contributed by atoms with Gasteiger partial charge >= 0.3 is 80.9 Å². The molecule has 0 radical (unpaired) electrons. The van der Waals surface area contributed by atoms with E-state index in [0.29, 0.717) is 0 Å². The maximum absolute atomic E-state index is 8.25. The van der Waals surface area contributed by atoms with E-state index in [1.165, 1.54) is 0 Å². The first-order valence-electron chi connectivity index (χ1n) is 0.548. The van der Waals surface area contributed by atoms with Gasteiger partial charge in [0.25, 0.3) is 0 Å². The Labute approximate surface area is 101 Å². The van der Waals surface area contributed by atoms with Crippen LogP contribution in [0.25, 0.3) is 0 Å². The van der Waals surface area contributed by atoms with E-state index >= 15 is 0 Å². The molecule has 0 aliphatic heterocycles. The molecule has 0 aliphatic carbocycles. The summed E-state index contributed by atoms with van der Waals surface area (Å²) >= 11 is 0. The smallest absolute Gasteiger partial charge is 1.00 e. The Morgan fingerprint density at radius 3 is 1.50 bits per heavy atom. The van der Waals surface area contributed by atoms with Gasteiger partial charge in [-0.25, -0.2) is 0 Å². The Kier molecular flexibility index (Phi) is 26.0. The van der Waals surface area contributed by atoms with E-state index in [0.717, 1.165) is 0 Å². The molecule has 0 aromatic heterocycles. The average molecular weight is 125 g/mol. The molecular weight excluding hydrogens is 124 g/mol. The molecule has 0 N–H and O–H groups in total. The molecule has 0 spiro atoms. The molecule has 0 aromatic rings. The van der Waals surface area contributed by atoms with E-state index in [2.05, 4.69) is 0 Å². The molecule has 0 aliphatic rings. The van der Waals surface area contributed by atoms with Crippen molar-refractivity contribution >= 4 is 0 Å². The van der Waals surface area contributed by atoms with Crippen molar-refractivity contribution in [2.45, 2.75) is 0 Å². The zero-order chi connectivity index (χ0) is 3.58. The van der Waals surface area contributed by atoms with Crippen molar-refractivity contribution in [3.8, 4) is 0 Å². The Hall–Kier alpha value is 1.84. The van der Waals surface area contributed by atoms with Crippen LogP contribution in [0.1, 0.15) is 1.43 Å². The van der Waals surface area contributed by atoms with Crippen LogP contribution < -0.4 is 80.9 Å². The second kappa shape index (κ2) is 9.96. The van der Waals surface area contributed by atoms with E-state index < -0.39 is 5.09 Å². The van der Waals surface area contributed by atoms with Crippen molar-refractivity contribution in [3.63, 3.8) is 0 Å². The standard InChI is InChI=1S/K.NO3.Na.H/c;2-1(3)4;;/q+1;-1;+1;-1. The van der Waals surface area contributed by atoms with E-state index in [9.17, 15) is 0 Å². The summed E-state index contributed by atoms with van der Waals surface area (Å²) < 4.78 is 0. The topological polar surface area (TPSA) is 66.2 Å². The Balaban J connectivity index is -0.0000000150. The zero-order valence-corrected chi connectivity index (χ0v) is 8.80. The van der Waals surface area contributed by atoms with E-state index in [4.69, 9.17) is 15.3 Å². The van der Waals surface area contributed by atoms with Crippen molar-refractivity contribution in [2.75, 3.05) is 0 Å². The van der Waals surface area contributed by atoms with Gasteiger partial charge in [0.1, 0.15) is 0 Å². The predicted molar refractivity (Wildman–Crippen MR) is 11.5 cm³/mol. The number of rotatable bonds is 0. The second-order valence-electron chi connectivity index (χ2n) is 0.224. The van der Waals surface area contributed by atoms with Gasteiger partial charge in [0, 0.05) is 0 Å². The third kappa shape index (κ3) is 40.5. The SMILES string of the molecule is O=[N+]([O-])[O-].[H-].[K+].[Na+]. The molecule has 0 aromatic carbocycles. The Morgan fingerprint density at radius 2 is 1.50 bits per heavy atom. The van der Waals surface area contributed by atoms with Crippen molar-refractivity contribution in [1.29, 1.82) is 0 Å². The molecule has 0 saturated heterocycles. The fourth-order valence-electron chi connectivity index (χ4n) is 0. The molecule has 4 nitrogen and oxygen atoms in total. The van der Waals surface area contributed by atoms with Crippen LogP contribution >= 0.6 is 0 Å². The summed E-state index contributed by atoms with van der Waals surface area (Å²) in [5.74, 6) is 0. The summed E-state index contributed by atoms with van der Waals surface area (Å²) in [6.07, 6.45) is 0. The summed E-state index contributed by atoms with van der Waals surface area (Å²) in [6, 6.07) is 0. The number of nitrogens with zero attached hydrogens (tertiary/aromatic N) is 1. The van der Waals surface area contributed by atoms with Crippen LogP contribution in [0.3, 0.4) is 0 Å². The maximum Gasteiger partial charge on any atom is 1.00 e. The largest absolute Gasteiger partial charge is 1.00 e. The third-order valence-corrected chi connectivity index (χ3v) is 0. The third-order valence-electron chi connectivity index (χ3n) is 0. The van der Waals surface area contributed by atoms with Crippen LogP contribution in [-0.4, -0.2) is 5.09 Å². The van der Waals surface area contributed by atoms with Gasteiger partial charge < -0.3 is 16.7 Å². The monoisotopic (exact) mass is 125 g/mol. The van der Waals surface area contributed by atoms with Crippen LogP contribution in [0.4, 0.5) is 0 Å². The number of hydrogen-bond donors (Lipinski definition) is 0. The quantitative estimate of drug-likeness (QED) is 0.184. The molecule has 6 heteroatoms. The van der Waals surface area contributed by atoms with Crippen LogP contribution in [0.15, 0.2) is 0 Å². The molecule has 0 fully saturated rings. The van der Waals surface area contributed by atoms with Gasteiger partial charge in [-0.2, -0.15) is 0 Å². The Bertz CT molecular complexity index is 37.9. The van der Waals surface area contributed by atoms with Crippen LogP contribution in [0, 0.1) is 15.3 Å². The summed E-state index contributed by atoms with van der Waals surface area (Å²) in [4.78, 5) is 8.25. The first-order valence-corrected chi connectivity index (χ1v) is 0.548. The van der Waals surface area contributed by atoms with Crippen molar-refractivity contribution in [1.82, 2.24) is 0 Å². The summed E-state index contributed by atoms with van der Waals surface area (Å²) in [5.41, 5.74) is 0. The van der Waals surface area contributed by atoms with Gasteiger partial charge in [-0.15, -0.1) is 0 Å². The zero-order valence-electron chi connectivity index (χ0n) is 4.67. The second-order valence-corrected chi connectivity index (χ2v) is 0.224. The van der Waals surface area contributed by atoms with Crippen LogP contribution in [0.5, 0.6) is 0 Å². The molecule has 0 unspecified atom stereocenters. The molecule has 0 atom stereocenters. The summed E-state index contributed by atoms with van der Waals surface area (Å²) in [5, 5.41) is 14.8. The van der Waals surface area contributed by atoms with Crippen molar-refractivity contribution in [3.05, 3.63) is 15.3 Å². The van der Waals surface area contributed by atoms with Crippen molar-refractivity contribution in [2.24, 2.45) is 0 Å². The first kappa shape index (κ1) is 15.7. The molecule has 0 heterocycles. The molecule has 6 heavy (non-hydrogen) atoms. The molecular formula is HKNNaO3. The van der Waals surface area contributed by atoms with Gasteiger partial charge in [0.2, 0.25) is 0 Å². The fourth-order valence-corrected chi connectivity index (χ4v) is 0. The van der Waals surface area contributed by atoms with Gasteiger partial charge in [-0.05, 0) is 0 Å². The fraction of sp³-hybridized carbons (Fsp3) is 0. The Morgan fingerprint density at radius 1 is 1.50 bits per heavy atom. The number of hydrogen-bond acceptors (Lipinski definition) is 3. The van der Waals surface area contributed by atoms with Gasteiger partial charge in [-0.1, -0.05) is 0 Å². The van der Waals surface area contributed by atoms with Crippen LogP contribution in [0.2, 0.25) is 0 Å². The first-order chi connectivity index (χ1) is 1.73. The molecule has 0 amide bonds. The van der Waals surface area contributed by atoms with E-state index in [-0.39, 0.29) is 82.4 Å². The maximum atomic E-state index is 8.25. The summed E-state index contributed by atoms with van der Waals surface area (Å²) in [7, 11) is 0. The summed E-state index contributed by atoms with van der Waals surface area (Å²) in [6.45, 7) is 0. The van der Waals surface area contributed by atoms with Gasteiger partial charge in [0.15, 0.2) is 0 Å². The molecule has 0 rings (SSSR count). The molecule has 0 bridgehead atoms. The van der Waals surface area contributed by atoms with Crippen molar-refractivity contribution < 1.29 is 87.5 Å². The van der Waals surface area contributed by atoms with E-state index in [1.807, 2.05) is 0 Å². The normalized spacial score (nSPS) is 4.00. The molecule has 0 saturated carbocycles. The minimum atomic E-state index is -1.75. The average Bonchev–Trinajstić information content (AvgIpc) is 0.811. The minimum absolute atomic E-state index is 0. The molecule has 26 valence electrons. The predicted octanol–water partition coefficient (Wildman–Crippen LogP) is -6.12. The van der Waals surface area contributed by atoms with E-state index in [1.54, 1.807) is 0 Å².